The van der Waals surface area contributed by atoms with Crippen molar-refractivity contribution in [2.75, 3.05) is 19.9 Å². The summed E-state index contributed by atoms with van der Waals surface area (Å²) in [5.74, 6) is -0.436. The first-order chi connectivity index (χ1) is 9.01. The number of nitrogens with two attached hydrogens (primary N) is 1. The first kappa shape index (κ1) is 15.0. The van der Waals surface area contributed by atoms with Crippen LogP contribution in [-0.4, -0.2) is 31.1 Å². The topological polar surface area (TPSA) is 79.3 Å². The zero-order chi connectivity index (χ0) is 14.4. The molecule has 5 nitrogen and oxygen atoms in total. The number of carbonyl (C=O) groups excluding carboxylic acids is 1. The molecule has 0 heterocycles. The fourth-order valence-corrected chi connectivity index (χ4v) is 1.82. The molecule has 1 atom stereocenters. The minimum atomic E-state index is -0.436. The lowest BCUT2D eigenvalue weighted by atomic mass is 10.0. The number of benzene rings is 1. The number of carbonyl (C=O) groups is 1. The molecular formula is C14H19N3O2. The monoisotopic (exact) mass is 261 g/mol. The van der Waals surface area contributed by atoms with Gasteiger partial charge in [-0.05, 0) is 25.6 Å². The van der Waals surface area contributed by atoms with E-state index in [1.165, 1.54) is 7.11 Å². The zero-order valence-electron chi connectivity index (χ0n) is 11.5. The maximum absolute atomic E-state index is 11.8. The summed E-state index contributed by atoms with van der Waals surface area (Å²) in [4.78, 5) is 13.8. The number of rotatable bonds is 5. The normalized spacial score (nSPS) is 11.9. The van der Waals surface area contributed by atoms with Crippen LogP contribution in [0.4, 0.5) is 5.69 Å². The van der Waals surface area contributed by atoms with Crippen molar-refractivity contribution in [2.45, 2.75) is 25.9 Å². The largest absolute Gasteiger partial charge is 0.465 e. The number of hydrogen-bond acceptors (Lipinski definition) is 5. The number of anilines is 1. The molecule has 0 radical (unpaired) electrons. The van der Waals surface area contributed by atoms with E-state index in [0.29, 0.717) is 24.2 Å². The number of ether oxygens (including phenoxy) is 1. The Kier molecular flexibility index (Phi) is 5.34. The molecule has 1 aromatic carbocycles. The Morgan fingerprint density at radius 3 is 2.84 bits per heavy atom. The van der Waals surface area contributed by atoms with Gasteiger partial charge in [0.2, 0.25) is 0 Å². The van der Waals surface area contributed by atoms with Gasteiger partial charge in [0.25, 0.3) is 0 Å². The molecule has 0 bridgehead atoms. The lowest BCUT2D eigenvalue weighted by molar-refractivity contribution is 0.0599. The van der Waals surface area contributed by atoms with E-state index in [1.54, 1.807) is 12.1 Å². The quantitative estimate of drug-likeness (QED) is 0.645. The number of methoxy groups -OCH3 is 1. The van der Waals surface area contributed by atoms with E-state index in [-0.39, 0.29) is 6.04 Å². The minimum Gasteiger partial charge on any atom is -0.465 e. The second kappa shape index (κ2) is 6.76. The molecule has 1 unspecified atom stereocenters. The first-order valence-electron chi connectivity index (χ1n) is 6.04. The lowest BCUT2D eigenvalue weighted by Gasteiger charge is -2.23. The third-order valence-electron chi connectivity index (χ3n) is 3.13. The molecule has 0 saturated carbocycles. The van der Waals surface area contributed by atoms with Gasteiger partial charge in [0.05, 0.1) is 25.2 Å². The lowest BCUT2D eigenvalue weighted by Crippen LogP contribution is -2.29. The Morgan fingerprint density at radius 2 is 2.26 bits per heavy atom. The highest BCUT2D eigenvalue weighted by Gasteiger charge is 2.18. The van der Waals surface area contributed by atoms with Gasteiger partial charge in [-0.15, -0.1) is 0 Å². The maximum Gasteiger partial charge on any atom is 0.340 e. The molecule has 5 heteroatoms. The molecule has 1 aromatic rings. The van der Waals surface area contributed by atoms with Crippen LogP contribution >= 0.6 is 0 Å². The number of nitrogens with zero attached hydrogens (tertiary/aromatic N) is 2. The van der Waals surface area contributed by atoms with Crippen molar-refractivity contribution in [3.8, 4) is 6.07 Å². The fourth-order valence-electron chi connectivity index (χ4n) is 1.82. The summed E-state index contributed by atoms with van der Waals surface area (Å²) in [7, 11) is 3.24. The first-order valence-corrected chi connectivity index (χ1v) is 6.04. The van der Waals surface area contributed by atoms with Crippen LogP contribution in [0.15, 0.2) is 18.2 Å². The van der Waals surface area contributed by atoms with Crippen LogP contribution in [0.2, 0.25) is 0 Å². The summed E-state index contributed by atoms with van der Waals surface area (Å²) in [6.07, 6.45) is 0.437. The van der Waals surface area contributed by atoms with Gasteiger partial charge in [0.1, 0.15) is 0 Å². The van der Waals surface area contributed by atoms with Gasteiger partial charge in [-0.1, -0.05) is 12.1 Å². The van der Waals surface area contributed by atoms with Crippen LogP contribution in [-0.2, 0) is 11.3 Å². The van der Waals surface area contributed by atoms with Gasteiger partial charge < -0.3 is 10.5 Å². The van der Waals surface area contributed by atoms with Crippen molar-refractivity contribution >= 4 is 11.7 Å². The number of hydrogen-bond donors (Lipinski definition) is 1. The highest BCUT2D eigenvalue weighted by Crippen LogP contribution is 2.20. The van der Waals surface area contributed by atoms with Gasteiger partial charge in [-0.25, -0.2) is 4.79 Å². The Morgan fingerprint density at radius 1 is 1.58 bits per heavy atom. The smallest absolute Gasteiger partial charge is 0.340 e. The molecule has 0 saturated heterocycles. The summed E-state index contributed by atoms with van der Waals surface area (Å²) >= 11 is 0. The summed E-state index contributed by atoms with van der Waals surface area (Å²) in [5.41, 5.74) is 7.45. The Labute approximate surface area is 113 Å². The molecule has 0 amide bonds. The van der Waals surface area contributed by atoms with Crippen molar-refractivity contribution < 1.29 is 9.53 Å². The molecule has 0 spiro atoms. The zero-order valence-corrected chi connectivity index (χ0v) is 11.5. The van der Waals surface area contributed by atoms with Gasteiger partial charge in [0.15, 0.2) is 0 Å². The Bertz CT molecular complexity index is 494. The second-order valence-corrected chi connectivity index (χ2v) is 4.50. The molecule has 0 aliphatic rings. The highest BCUT2D eigenvalue weighted by atomic mass is 16.5. The predicted molar refractivity (Wildman–Crippen MR) is 73.4 cm³/mol. The Balaban J connectivity index is 2.98. The number of nitrogen functional groups attached to an aromatic ring is 1. The minimum absolute atomic E-state index is 0.108. The molecule has 0 aromatic heterocycles. The molecule has 19 heavy (non-hydrogen) atoms. The summed E-state index contributed by atoms with van der Waals surface area (Å²) in [6, 6.07) is 7.57. The third kappa shape index (κ3) is 3.70. The molecule has 0 aliphatic carbocycles. The van der Waals surface area contributed by atoms with E-state index in [1.807, 2.05) is 24.9 Å². The van der Waals surface area contributed by atoms with Crippen LogP contribution in [0.5, 0.6) is 0 Å². The predicted octanol–water partition coefficient (Wildman–Crippen LogP) is 1.79. The number of nitriles is 1. The van der Waals surface area contributed by atoms with Crippen LogP contribution < -0.4 is 5.73 Å². The van der Waals surface area contributed by atoms with Crippen molar-refractivity contribution in [1.82, 2.24) is 4.90 Å². The van der Waals surface area contributed by atoms with E-state index in [0.717, 1.165) is 5.56 Å². The van der Waals surface area contributed by atoms with Crippen molar-refractivity contribution in [3.63, 3.8) is 0 Å². The molecular weight excluding hydrogens is 242 g/mol. The van der Waals surface area contributed by atoms with Crippen molar-refractivity contribution in [3.05, 3.63) is 29.3 Å². The molecule has 2 N–H and O–H groups in total. The summed E-state index contributed by atoms with van der Waals surface area (Å²) in [5, 5.41) is 8.71. The average molecular weight is 261 g/mol. The summed E-state index contributed by atoms with van der Waals surface area (Å²) < 4.78 is 4.76. The van der Waals surface area contributed by atoms with E-state index in [2.05, 4.69) is 6.07 Å². The molecule has 0 aliphatic heterocycles. The van der Waals surface area contributed by atoms with Gasteiger partial charge in [-0.2, -0.15) is 5.26 Å². The highest BCUT2D eigenvalue weighted by molar-refractivity contribution is 5.96. The standard InChI is InChI=1S/C14H19N3O2/c1-10(7-8-15)17(2)9-11-5-4-6-12(16)13(11)14(18)19-3/h4-6,10H,7,9,16H2,1-3H3. The Hall–Kier alpha value is -2.06. The van der Waals surface area contributed by atoms with Gasteiger partial charge in [-0.3, -0.25) is 4.90 Å². The van der Waals surface area contributed by atoms with E-state index >= 15 is 0 Å². The summed E-state index contributed by atoms with van der Waals surface area (Å²) in [6.45, 7) is 2.51. The SMILES string of the molecule is COC(=O)c1c(N)cccc1CN(C)C(C)CC#N. The average Bonchev–Trinajstić information content (AvgIpc) is 2.38. The molecule has 0 fully saturated rings. The number of esters is 1. The van der Waals surface area contributed by atoms with E-state index < -0.39 is 5.97 Å². The van der Waals surface area contributed by atoms with Crippen LogP contribution in [0, 0.1) is 11.3 Å². The van der Waals surface area contributed by atoms with E-state index in [9.17, 15) is 4.79 Å². The molecule has 102 valence electrons. The van der Waals surface area contributed by atoms with Gasteiger partial charge >= 0.3 is 5.97 Å². The van der Waals surface area contributed by atoms with E-state index in [4.69, 9.17) is 15.7 Å². The third-order valence-corrected chi connectivity index (χ3v) is 3.13. The van der Waals surface area contributed by atoms with Crippen molar-refractivity contribution in [1.29, 1.82) is 5.26 Å². The van der Waals surface area contributed by atoms with Gasteiger partial charge in [0, 0.05) is 18.3 Å². The van der Waals surface area contributed by atoms with Crippen LogP contribution in [0.1, 0.15) is 29.3 Å². The van der Waals surface area contributed by atoms with Crippen LogP contribution in [0.3, 0.4) is 0 Å². The van der Waals surface area contributed by atoms with Crippen LogP contribution in [0.25, 0.3) is 0 Å². The van der Waals surface area contributed by atoms with Crippen molar-refractivity contribution in [2.24, 2.45) is 0 Å². The maximum atomic E-state index is 11.8. The second-order valence-electron chi connectivity index (χ2n) is 4.50. The molecule has 1 rings (SSSR count). The fraction of sp³-hybridized carbons (Fsp3) is 0.429.